The van der Waals surface area contributed by atoms with Crippen LogP contribution in [0.25, 0.3) is 11.5 Å². The summed E-state index contributed by atoms with van der Waals surface area (Å²) in [5.74, 6) is 0.642. The molecule has 1 fully saturated rings. The molecule has 2 aromatic rings. The van der Waals surface area contributed by atoms with Crippen molar-refractivity contribution in [3.05, 3.63) is 24.1 Å². The summed E-state index contributed by atoms with van der Waals surface area (Å²) in [4.78, 5) is 2.40. The summed E-state index contributed by atoms with van der Waals surface area (Å²) in [6, 6.07) is 5.69. The van der Waals surface area contributed by atoms with Crippen molar-refractivity contribution >= 4 is 0 Å². The second-order valence-electron chi connectivity index (χ2n) is 4.65. The molecule has 0 atom stereocenters. The zero-order valence-electron chi connectivity index (χ0n) is 10.6. The summed E-state index contributed by atoms with van der Waals surface area (Å²) in [7, 11) is 0. The van der Waals surface area contributed by atoms with Crippen LogP contribution in [0.2, 0.25) is 0 Å². The van der Waals surface area contributed by atoms with Crippen LogP contribution in [0.4, 0.5) is 0 Å². The number of nitrogens with zero attached hydrogens (tertiary/aromatic N) is 5. The molecular weight excluding hydrogens is 242 g/mol. The Morgan fingerprint density at radius 3 is 2.84 bits per heavy atom. The van der Waals surface area contributed by atoms with Gasteiger partial charge in [-0.2, -0.15) is 5.26 Å². The molecule has 0 saturated carbocycles. The molecule has 3 rings (SSSR count). The summed E-state index contributed by atoms with van der Waals surface area (Å²) in [5.41, 5.74) is 0.989. The molecule has 6 nitrogen and oxygen atoms in total. The zero-order chi connectivity index (χ0) is 13.1. The maximum Gasteiger partial charge on any atom is 0.193 e. The van der Waals surface area contributed by atoms with Gasteiger partial charge < -0.3 is 9.32 Å². The van der Waals surface area contributed by atoms with E-state index in [0.717, 1.165) is 26.2 Å². The summed E-state index contributed by atoms with van der Waals surface area (Å²) in [5, 5.41) is 17.1. The predicted molar refractivity (Wildman–Crippen MR) is 68.1 cm³/mol. The van der Waals surface area contributed by atoms with Gasteiger partial charge in [0.15, 0.2) is 11.5 Å². The Kier molecular flexibility index (Phi) is 3.29. The van der Waals surface area contributed by atoms with Gasteiger partial charge in [0.1, 0.15) is 11.8 Å². The van der Waals surface area contributed by atoms with Crippen LogP contribution in [0, 0.1) is 11.3 Å². The van der Waals surface area contributed by atoms with Crippen molar-refractivity contribution in [1.82, 2.24) is 19.9 Å². The van der Waals surface area contributed by atoms with E-state index in [2.05, 4.69) is 21.3 Å². The van der Waals surface area contributed by atoms with Gasteiger partial charge >= 0.3 is 0 Å². The average Bonchev–Trinajstić information content (AvgIpc) is 3.16. The minimum Gasteiger partial charge on any atom is -0.463 e. The first-order chi connectivity index (χ1) is 9.38. The minimum atomic E-state index is 0.316. The van der Waals surface area contributed by atoms with Crippen molar-refractivity contribution in [2.45, 2.75) is 19.4 Å². The van der Waals surface area contributed by atoms with Crippen molar-refractivity contribution in [2.24, 2.45) is 0 Å². The van der Waals surface area contributed by atoms with Crippen LogP contribution in [0.5, 0.6) is 0 Å². The monoisotopic (exact) mass is 257 g/mol. The number of nitriles is 1. The van der Waals surface area contributed by atoms with Gasteiger partial charge in [-0.3, -0.25) is 0 Å². The zero-order valence-corrected chi connectivity index (χ0v) is 10.6. The van der Waals surface area contributed by atoms with Crippen molar-refractivity contribution in [1.29, 1.82) is 5.26 Å². The van der Waals surface area contributed by atoms with Crippen molar-refractivity contribution in [3.63, 3.8) is 0 Å². The summed E-state index contributed by atoms with van der Waals surface area (Å²) < 4.78 is 7.13. The van der Waals surface area contributed by atoms with Gasteiger partial charge in [0.05, 0.1) is 12.8 Å². The molecule has 0 spiro atoms. The van der Waals surface area contributed by atoms with E-state index in [4.69, 9.17) is 9.68 Å². The summed E-state index contributed by atoms with van der Waals surface area (Å²) in [6.45, 7) is 3.96. The second-order valence-corrected chi connectivity index (χ2v) is 4.65. The molecule has 1 saturated heterocycles. The Morgan fingerprint density at radius 2 is 2.16 bits per heavy atom. The van der Waals surface area contributed by atoms with E-state index >= 15 is 0 Å². The van der Waals surface area contributed by atoms with Crippen molar-refractivity contribution in [3.8, 4) is 17.5 Å². The largest absolute Gasteiger partial charge is 0.463 e. The molecule has 3 heterocycles. The van der Waals surface area contributed by atoms with Gasteiger partial charge in [0, 0.05) is 6.54 Å². The lowest BCUT2D eigenvalue weighted by molar-refractivity contribution is 0.314. The third-order valence-corrected chi connectivity index (χ3v) is 3.42. The van der Waals surface area contributed by atoms with E-state index in [0.29, 0.717) is 17.1 Å². The van der Waals surface area contributed by atoms with Gasteiger partial charge in [-0.05, 0) is 38.1 Å². The number of furan rings is 1. The molecule has 98 valence electrons. The lowest BCUT2D eigenvalue weighted by Gasteiger charge is -2.14. The van der Waals surface area contributed by atoms with Gasteiger partial charge in [0.25, 0.3) is 0 Å². The van der Waals surface area contributed by atoms with Crippen LogP contribution in [0.1, 0.15) is 18.5 Å². The first kappa shape index (κ1) is 11.9. The molecule has 2 aromatic heterocycles. The molecule has 0 aromatic carbocycles. The average molecular weight is 257 g/mol. The normalized spacial score (nSPS) is 15.7. The highest BCUT2D eigenvalue weighted by molar-refractivity contribution is 5.58. The Labute approximate surface area is 111 Å². The highest BCUT2D eigenvalue weighted by Crippen LogP contribution is 2.22. The van der Waals surface area contributed by atoms with Crippen molar-refractivity contribution < 1.29 is 4.42 Å². The fourth-order valence-electron chi connectivity index (χ4n) is 2.44. The molecule has 1 aliphatic rings. The van der Waals surface area contributed by atoms with E-state index in [-0.39, 0.29) is 0 Å². The van der Waals surface area contributed by atoms with E-state index < -0.39 is 0 Å². The van der Waals surface area contributed by atoms with Crippen LogP contribution in [0.3, 0.4) is 0 Å². The molecule has 6 heteroatoms. The Bertz CT molecular complexity index is 575. The molecule has 0 N–H and O–H groups in total. The standard InChI is InChI=1S/C13H15N5O/c14-10-11-13(12-4-3-9-19-12)18(16-15-11)8-7-17-5-1-2-6-17/h3-4,9H,1-2,5-8H2. The molecule has 1 aliphatic heterocycles. The van der Waals surface area contributed by atoms with E-state index in [1.54, 1.807) is 17.0 Å². The van der Waals surface area contributed by atoms with Crippen molar-refractivity contribution in [2.75, 3.05) is 19.6 Å². The Morgan fingerprint density at radius 1 is 1.32 bits per heavy atom. The topological polar surface area (TPSA) is 70.9 Å². The Balaban J connectivity index is 1.81. The fraction of sp³-hybridized carbons (Fsp3) is 0.462. The third-order valence-electron chi connectivity index (χ3n) is 3.42. The number of likely N-dealkylation sites (tertiary alicyclic amines) is 1. The Hall–Kier alpha value is -2.13. The smallest absolute Gasteiger partial charge is 0.193 e. The quantitative estimate of drug-likeness (QED) is 0.830. The molecule has 0 aliphatic carbocycles. The number of aromatic nitrogens is 3. The SMILES string of the molecule is N#Cc1nnn(CCN2CCCC2)c1-c1ccco1. The maximum absolute atomic E-state index is 9.09. The van der Waals surface area contributed by atoms with Gasteiger partial charge in [0.2, 0.25) is 0 Å². The molecule has 19 heavy (non-hydrogen) atoms. The van der Waals surface area contributed by atoms with Gasteiger partial charge in [-0.25, -0.2) is 4.68 Å². The van der Waals surface area contributed by atoms with Crippen LogP contribution in [0.15, 0.2) is 22.8 Å². The number of hydrogen-bond acceptors (Lipinski definition) is 5. The van der Waals surface area contributed by atoms with E-state index in [1.165, 1.54) is 12.8 Å². The summed E-state index contributed by atoms with van der Waals surface area (Å²) in [6.07, 6.45) is 4.13. The highest BCUT2D eigenvalue weighted by Gasteiger charge is 2.18. The van der Waals surface area contributed by atoms with E-state index in [1.807, 2.05) is 6.07 Å². The van der Waals surface area contributed by atoms with Gasteiger partial charge in [-0.1, -0.05) is 5.21 Å². The number of rotatable bonds is 4. The highest BCUT2D eigenvalue weighted by atomic mass is 16.3. The predicted octanol–water partition coefficient (Wildman–Crippen LogP) is 1.51. The molecule has 0 amide bonds. The van der Waals surface area contributed by atoms with E-state index in [9.17, 15) is 0 Å². The third kappa shape index (κ3) is 2.37. The maximum atomic E-state index is 9.09. The summed E-state index contributed by atoms with van der Waals surface area (Å²) >= 11 is 0. The van der Waals surface area contributed by atoms with Crippen LogP contribution < -0.4 is 0 Å². The lowest BCUT2D eigenvalue weighted by atomic mass is 10.2. The molecule has 0 unspecified atom stereocenters. The lowest BCUT2D eigenvalue weighted by Crippen LogP contribution is -2.24. The number of hydrogen-bond donors (Lipinski definition) is 0. The van der Waals surface area contributed by atoms with Crippen LogP contribution in [-0.2, 0) is 6.54 Å². The molecular formula is C13H15N5O. The minimum absolute atomic E-state index is 0.316. The molecule has 0 bridgehead atoms. The van der Waals surface area contributed by atoms with Gasteiger partial charge in [-0.15, -0.1) is 5.10 Å². The first-order valence-electron chi connectivity index (χ1n) is 6.48. The fourth-order valence-corrected chi connectivity index (χ4v) is 2.44. The van der Waals surface area contributed by atoms with Crippen LogP contribution >= 0.6 is 0 Å². The second kappa shape index (κ2) is 5.24. The molecule has 0 radical (unpaired) electrons. The van der Waals surface area contributed by atoms with Crippen LogP contribution in [-0.4, -0.2) is 39.5 Å². The first-order valence-corrected chi connectivity index (χ1v) is 6.48.